The normalized spacial score (nSPS) is 15.7. The number of amides is 1. The van der Waals surface area contributed by atoms with Crippen molar-refractivity contribution in [2.24, 2.45) is 11.8 Å². The Bertz CT molecular complexity index is 1220. The maximum Gasteiger partial charge on any atom is 0.223 e. The number of piperidine rings is 1. The molecule has 1 atom stereocenters. The van der Waals surface area contributed by atoms with Gasteiger partial charge < -0.3 is 5.32 Å². The summed E-state index contributed by atoms with van der Waals surface area (Å²) < 4.78 is 13.4. The first-order chi connectivity index (χ1) is 16.4. The van der Waals surface area contributed by atoms with Crippen LogP contribution in [0.2, 0.25) is 0 Å². The minimum Gasteiger partial charge on any atom is -0.352 e. The fourth-order valence-electron chi connectivity index (χ4n) is 4.74. The number of hydrogen-bond acceptors (Lipinski definition) is 2. The molecule has 1 saturated heterocycles. The van der Waals surface area contributed by atoms with Gasteiger partial charge in [-0.25, -0.2) is 4.39 Å². The highest BCUT2D eigenvalue weighted by molar-refractivity contribution is 5.91. The van der Waals surface area contributed by atoms with Crippen molar-refractivity contribution in [3.05, 3.63) is 83.2 Å². The molecule has 0 aliphatic carbocycles. The minimum atomic E-state index is -0.276. The lowest BCUT2D eigenvalue weighted by molar-refractivity contribution is -0.126. The van der Waals surface area contributed by atoms with Gasteiger partial charge in [-0.05, 0) is 73.0 Å². The zero-order valence-corrected chi connectivity index (χ0v) is 20.3. The molecular formula is C30H33FN2O. The van der Waals surface area contributed by atoms with Gasteiger partial charge in [0.1, 0.15) is 5.82 Å². The smallest absolute Gasteiger partial charge is 0.223 e. The van der Waals surface area contributed by atoms with Crippen LogP contribution in [0.25, 0.3) is 10.8 Å². The Kier molecular flexibility index (Phi) is 7.65. The first-order valence-corrected chi connectivity index (χ1v) is 12.2. The largest absolute Gasteiger partial charge is 0.352 e. The average molecular weight is 457 g/mol. The van der Waals surface area contributed by atoms with Crippen LogP contribution < -0.4 is 5.32 Å². The van der Waals surface area contributed by atoms with E-state index >= 15 is 0 Å². The molecule has 1 N–H and O–H groups in total. The highest BCUT2D eigenvalue weighted by Crippen LogP contribution is 2.32. The van der Waals surface area contributed by atoms with Crippen molar-refractivity contribution >= 4 is 16.7 Å². The van der Waals surface area contributed by atoms with E-state index in [4.69, 9.17) is 0 Å². The van der Waals surface area contributed by atoms with Crippen LogP contribution in [0.5, 0.6) is 0 Å². The van der Waals surface area contributed by atoms with E-state index in [9.17, 15) is 9.18 Å². The first-order valence-electron chi connectivity index (χ1n) is 12.2. The molecule has 0 saturated carbocycles. The molecule has 3 nitrogen and oxygen atoms in total. The number of nitrogens with one attached hydrogen (secondary N) is 1. The van der Waals surface area contributed by atoms with Gasteiger partial charge in [-0.1, -0.05) is 68.2 Å². The van der Waals surface area contributed by atoms with E-state index in [2.05, 4.69) is 79.2 Å². The van der Waals surface area contributed by atoms with E-state index in [0.29, 0.717) is 12.5 Å². The quantitative estimate of drug-likeness (QED) is 0.472. The van der Waals surface area contributed by atoms with Crippen LogP contribution in [0, 0.1) is 29.5 Å². The summed E-state index contributed by atoms with van der Waals surface area (Å²) in [5.74, 6) is 6.77. The summed E-state index contributed by atoms with van der Waals surface area (Å²) in [5, 5.41) is 5.44. The molecule has 176 valence electrons. The second-order valence-corrected chi connectivity index (χ2v) is 9.51. The summed E-state index contributed by atoms with van der Waals surface area (Å²) in [4.78, 5) is 15.2. The molecule has 3 aromatic rings. The number of carbonyl (C=O) groups excluding carboxylic acids is 1. The van der Waals surface area contributed by atoms with E-state index in [-0.39, 0.29) is 23.7 Å². The maximum absolute atomic E-state index is 13.4. The molecular weight excluding hydrogens is 423 g/mol. The SMILES string of the molecule is CC(C)C#Cc1ccc([C@H](C)N2CCC(C(=O)NCc3cccc(F)c3)CC2)c2ccccc12. The highest BCUT2D eigenvalue weighted by Gasteiger charge is 2.28. The van der Waals surface area contributed by atoms with Crippen LogP contribution >= 0.6 is 0 Å². The lowest BCUT2D eigenvalue weighted by Crippen LogP contribution is -2.41. The number of fused-ring (bicyclic) bond motifs is 1. The molecule has 1 heterocycles. The van der Waals surface area contributed by atoms with Crippen molar-refractivity contribution in [3.8, 4) is 11.8 Å². The summed E-state index contributed by atoms with van der Waals surface area (Å²) in [5.41, 5.74) is 3.17. The van der Waals surface area contributed by atoms with Gasteiger partial charge in [0.15, 0.2) is 0 Å². The fourth-order valence-corrected chi connectivity index (χ4v) is 4.74. The Hall–Kier alpha value is -3.16. The molecule has 1 amide bonds. The molecule has 1 aliphatic rings. The standard InChI is InChI=1S/C30H33FN2O/c1-21(2)11-12-24-13-14-27(29-10-5-4-9-28(24)29)22(3)33-17-15-25(16-18-33)30(34)32-20-23-7-6-8-26(31)19-23/h4-10,13-14,19,21-22,25H,15-18,20H2,1-3H3,(H,32,34)/t22-/m0/s1. The van der Waals surface area contributed by atoms with Crippen molar-refractivity contribution in [1.82, 2.24) is 10.2 Å². The van der Waals surface area contributed by atoms with Gasteiger partial charge in [0, 0.05) is 30.0 Å². The van der Waals surface area contributed by atoms with E-state index < -0.39 is 0 Å². The summed E-state index contributed by atoms with van der Waals surface area (Å²) in [6.45, 7) is 8.59. The monoisotopic (exact) mass is 456 g/mol. The van der Waals surface area contributed by atoms with Crippen LogP contribution in [-0.2, 0) is 11.3 Å². The van der Waals surface area contributed by atoms with Crippen molar-refractivity contribution in [3.63, 3.8) is 0 Å². The summed E-state index contributed by atoms with van der Waals surface area (Å²) in [7, 11) is 0. The van der Waals surface area contributed by atoms with Crippen LogP contribution in [0.3, 0.4) is 0 Å². The highest BCUT2D eigenvalue weighted by atomic mass is 19.1. The molecule has 0 bridgehead atoms. The van der Waals surface area contributed by atoms with Gasteiger partial charge >= 0.3 is 0 Å². The number of rotatable bonds is 5. The van der Waals surface area contributed by atoms with Crippen LogP contribution in [-0.4, -0.2) is 23.9 Å². The third-order valence-corrected chi connectivity index (χ3v) is 6.71. The predicted molar refractivity (Wildman–Crippen MR) is 137 cm³/mol. The average Bonchev–Trinajstić information content (AvgIpc) is 2.85. The zero-order chi connectivity index (χ0) is 24.1. The van der Waals surface area contributed by atoms with Crippen LogP contribution in [0.1, 0.15) is 56.3 Å². The molecule has 4 rings (SSSR count). The van der Waals surface area contributed by atoms with Gasteiger partial charge in [-0.15, -0.1) is 0 Å². The second kappa shape index (κ2) is 10.8. The topological polar surface area (TPSA) is 32.3 Å². The maximum atomic E-state index is 13.4. The molecule has 0 spiro atoms. The third kappa shape index (κ3) is 5.66. The second-order valence-electron chi connectivity index (χ2n) is 9.51. The minimum absolute atomic E-state index is 0.00226. The van der Waals surface area contributed by atoms with Crippen molar-refractivity contribution in [2.45, 2.75) is 46.2 Å². The summed E-state index contributed by atoms with van der Waals surface area (Å²) >= 11 is 0. The van der Waals surface area contributed by atoms with Gasteiger partial charge in [0.2, 0.25) is 5.91 Å². The van der Waals surface area contributed by atoms with Crippen LogP contribution in [0.4, 0.5) is 4.39 Å². The molecule has 0 radical (unpaired) electrons. The van der Waals surface area contributed by atoms with E-state index in [1.165, 1.54) is 28.5 Å². The Balaban J connectivity index is 1.40. The van der Waals surface area contributed by atoms with E-state index in [1.54, 1.807) is 6.07 Å². The lowest BCUT2D eigenvalue weighted by Gasteiger charge is -2.36. The Morgan fingerprint density at radius 3 is 2.47 bits per heavy atom. The number of halogens is 1. The number of hydrogen-bond donors (Lipinski definition) is 1. The number of likely N-dealkylation sites (tertiary alicyclic amines) is 1. The Morgan fingerprint density at radius 2 is 1.76 bits per heavy atom. The molecule has 0 aromatic heterocycles. The third-order valence-electron chi connectivity index (χ3n) is 6.71. The van der Waals surface area contributed by atoms with Crippen molar-refractivity contribution in [2.75, 3.05) is 13.1 Å². The van der Waals surface area contributed by atoms with Gasteiger partial charge in [0.05, 0.1) is 0 Å². The number of benzene rings is 3. The predicted octanol–water partition coefficient (Wildman–Crippen LogP) is 6.08. The van der Waals surface area contributed by atoms with Crippen LogP contribution in [0.15, 0.2) is 60.7 Å². The molecule has 3 aromatic carbocycles. The summed E-state index contributed by atoms with van der Waals surface area (Å²) in [6.07, 6.45) is 1.66. The molecule has 1 fully saturated rings. The molecule has 1 aliphatic heterocycles. The van der Waals surface area contributed by atoms with Crippen molar-refractivity contribution < 1.29 is 9.18 Å². The van der Waals surface area contributed by atoms with E-state index in [0.717, 1.165) is 37.1 Å². The molecule has 34 heavy (non-hydrogen) atoms. The Labute approximate surface area is 202 Å². The number of carbonyl (C=O) groups is 1. The Morgan fingerprint density at radius 1 is 1.03 bits per heavy atom. The van der Waals surface area contributed by atoms with Gasteiger partial charge in [-0.3, -0.25) is 9.69 Å². The summed E-state index contributed by atoms with van der Waals surface area (Å²) in [6, 6.07) is 19.5. The zero-order valence-electron chi connectivity index (χ0n) is 20.3. The fraction of sp³-hybridized carbons (Fsp3) is 0.367. The van der Waals surface area contributed by atoms with Crippen molar-refractivity contribution in [1.29, 1.82) is 0 Å². The lowest BCUT2D eigenvalue weighted by atomic mass is 9.91. The first kappa shape index (κ1) is 24.0. The van der Waals surface area contributed by atoms with Gasteiger partial charge in [-0.2, -0.15) is 0 Å². The number of nitrogens with zero attached hydrogens (tertiary/aromatic N) is 1. The van der Waals surface area contributed by atoms with E-state index in [1.807, 2.05) is 6.07 Å². The molecule has 4 heteroatoms. The molecule has 0 unspecified atom stereocenters. The van der Waals surface area contributed by atoms with Gasteiger partial charge in [0.25, 0.3) is 0 Å².